The lowest BCUT2D eigenvalue weighted by Crippen LogP contribution is -2.36. The molecule has 1 aromatic heterocycles. The summed E-state index contributed by atoms with van der Waals surface area (Å²) in [4.78, 5) is 12.3. The molecule has 0 aliphatic carbocycles. The van der Waals surface area contributed by atoms with E-state index >= 15 is 0 Å². The quantitative estimate of drug-likeness (QED) is 0.689. The summed E-state index contributed by atoms with van der Waals surface area (Å²) < 4.78 is 8.43. The Morgan fingerprint density at radius 2 is 1.92 bits per heavy atom. The van der Waals surface area contributed by atoms with E-state index in [0.717, 1.165) is 10.2 Å². The SMILES string of the molecule is C[C@H](Oc1ccc(Br)cc1)C(=O)NCc1nncn1-c1ccccc1. The smallest absolute Gasteiger partial charge is 0.261 e. The minimum absolute atomic E-state index is 0.217. The van der Waals surface area contributed by atoms with E-state index in [1.807, 2.05) is 47.0 Å². The molecule has 0 aliphatic rings. The molecule has 7 heteroatoms. The van der Waals surface area contributed by atoms with Crippen LogP contribution in [-0.4, -0.2) is 26.8 Å². The molecule has 1 N–H and O–H groups in total. The summed E-state index contributed by atoms with van der Waals surface area (Å²) in [6.45, 7) is 1.97. The third-order valence-corrected chi connectivity index (χ3v) is 4.10. The van der Waals surface area contributed by atoms with Gasteiger partial charge in [0.15, 0.2) is 11.9 Å². The average Bonchev–Trinajstić information content (AvgIpc) is 3.11. The van der Waals surface area contributed by atoms with Gasteiger partial charge in [-0.3, -0.25) is 9.36 Å². The third-order valence-electron chi connectivity index (χ3n) is 3.57. The first kappa shape index (κ1) is 17.2. The Morgan fingerprint density at radius 1 is 1.20 bits per heavy atom. The molecule has 128 valence electrons. The molecule has 0 spiro atoms. The standard InChI is InChI=1S/C18H17BrN4O2/c1-13(25-16-9-7-14(19)8-10-16)18(24)20-11-17-22-21-12-23(17)15-5-3-2-4-6-15/h2-10,12-13H,11H2,1H3,(H,20,24)/t13-/m0/s1. The summed E-state index contributed by atoms with van der Waals surface area (Å²) in [7, 11) is 0. The highest BCUT2D eigenvalue weighted by molar-refractivity contribution is 9.10. The molecule has 1 amide bonds. The van der Waals surface area contributed by atoms with E-state index in [-0.39, 0.29) is 12.5 Å². The van der Waals surface area contributed by atoms with Gasteiger partial charge < -0.3 is 10.1 Å². The highest BCUT2D eigenvalue weighted by Crippen LogP contribution is 2.17. The van der Waals surface area contributed by atoms with Crippen LogP contribution in [0.4, 0.5) is 0 Å². The number of carbonyl (C=O) groups excluding carboxylic acids is 1. The van der Waals surface area contributed by atoms with Gasteiger partial charge in [0.25, 0.3) is 5.91 Å². The van der Waals surface area contributed by atoms with Gasteiger partial charge in [-0.25, -0.2) is 0 Å². The van der Waals surface area contributed by atoms with Crippen LogP contribution in [-0.2, 0) is 11.3 Å². The van der Waals surface area contributed by atoms with Gasteiger partial charge in [0.05, 0.1) is 6.54 Å². The Bertz CT molecular complexity index is 834. The summed E-state index contributed by atoms with van der Waals surface area (Å²) >= 11 is 3.36. The van der Waals surface area contributed by atoms with E-state index in [0.29, 0.717) is 11.6 Å². The van der Waals surface area contributed by atoms with Crippen molar-refractivity contribution < 1.29 is 9.53 Å². The lowest BCUT2D eigenvalue weighted by molar-refractivity contribution is -0.127. The Kier molecular flexibility index (Phi) is 5.45. The molecule has 0 radical (unpaired) electrons. The molecule has 0 saturated heterocycles. The van der Waals surface area contributed by atoms with Crippen LogP contribution in [0.15, 0.2) is 65.4 Å². The zero-order valence-electron chi connectivity index (χ0n) is 13.6. The van der Waals surface area contributed by atoms with Gasteiger partial charge in [0.1, 0.15) is 12.1 Å². The van der Waals surface area contributed by atoms with Crippen LogP contribution in [0.25, 0.3) is 5.69 Å². The van der Waals surface area contributed by atoms with Crippen molar-refractivity contribution in [1.29, 1.82) is 0 Å². The van der Waals surface area contributed by atoms with E-state index < -0.39 is 6.10 Å². The van der Waals surface area contributed by atoms with Crippen molar-refractivity contribution in [2.24, 2.45) is 0 Å². The minimum Gasteiger partial charge on any atom is -0.481 e. The topological polar surface area (TPSA) is 69.0 Å². The van der Waals surface area contributed by atoms with Gasteiger partial charge in [0.2, 0.25) is 0 Å². The highest BCUT2D eigenvalue weighted by Gasteiger charge is 2.16. The fourth-order valence-electron chi connectivity index (χ4n) is 2.26. The van der Waals surface area contributed by atoms with Crippen LogP contribution in [0.1, 0.15) is 12.7 Å². The van der Waals surface area contributed by atoms with Gasteiger partial charge in [0, 0.05) is 10.2 Å². The van der Waals surface area contributed by atoms with E-state index in [9.17, 15) is 4.79 Å². The zero-order valence-corrected chi connectivity index (χ0v) is 15.2. The summed E-state index contributed by atoms with van der Waals surface area (Å²) in [5.41, 5.74) is 0.941. The van der Waals surface area contributed by atoms with Gasteiger partial charge in [-0.05, 0) is 43.3 Å². The predicted octanol–water partition coefficient (Wildman–Crippen LogP) is 3.11. The molecule has 3 rings (SSSR count). The number of benzene rings is 2. The van der Waals surface area contributed by atoms with Crippen molar-refractivity contribution in [3.05, 3.63) is 71.2 Å². The number of hydrogen-bond acceptors (Lipinski definition) is 4. The fourth-order valence-corrected chi connectivity index (χ4v) is 2.53. The first-order chi connectivity index (χ1) is 12.1. The predicted molar refractivity (Wildman–Crippen MR) is 97.4 cm³/mol. The fraction of sp³-hybridized carbons (Fsp3) is 0.167. The lowest BCUT2D eigenvalue weighted by Gasteiger charge is -2.15. The molecular formula is C18H17BrN4O2. The number of nitrogens with one attached hydrogen (secondary N) is 1. The van der Waals surface area contributed by atoms with Crippen LogP contribution < -0.4 is 10.1 Å². The van der Waals surface area contributed by atoms with Gasteiger partial charge >= 0.3 is 0 Å². The minimum atomic E-state index is -0.616. The normalized spacial score (nSPS) is 11.8. The van der Waals surface area contributed by atoms with Gasteiger partial charge in [-0.1, -0.05) is 34.1 Å². The van der Waals surface area contributed by atoms with E-state index in [1.165, 1.54) is 0 Å². The molecule has 0 aliphatic heterocycles. The van der Waals surface area contributed by atoms with Crippen molar-refractivity contribution in [3.8, 4) is 11.4 Å². The molecule has 0 bridgehead atoms. The number of aromatic nitrogens is 3. The van der Waals surface area contributed by atoms with Crippen LogP contribution >= 0.6 is 15.9 Å². The van der Waals surface area contributed by atoms with Crippen LogP contribution in [0.2, 0.25) is 0 Å². The van der Waals surface area contributed by atoms with Crippen molar-refractivity contribution in [2.75, 3.05) is 0 Å². The zero-order chi connectivity index (χ0) is 17.6. The molecule has 3 aromatic rings. The Hall–Kier alpha value is -2.67. The molecule has 1 heterocycles. The Labute approximate surface area is 154 Å². The number of nitrogens with zero attached hydrogens (tertiary/aromatic N) is 3. The highest BCUT2D eigenvalue weighted by atomic mass is 79.9. The number of hydrogen-bond donors (Lipinski definition) is 1. The number of amides is 1. The van der Waals surface area contributed by atoms with Crippen LogP contribution in [0.3, 0.4) is 0 Å². The van der Waals surface area contributed by atoms with Crippen molar-refractivity contribution in [1.82, 2.24) is 20.1 Å². The number of ether oxygens (including phenoxy) is 1. The summed E-state index contributed by atoms with van der Waals surface area (Å²) in [5.74, 6) is 1.07. The first-order valence-corrected chi connectivity index (χ1v) is 8.57. The monoisotopic (exact) mass is 400 g/mol. The molecule has 0 unspecified atom stereocenters. The number of halogens is 1. The van der Waals surface area contributed by atoms with Crippen LogP contribution in [0.5, 0.6) is 5.75 Å². The number of para-hydroxylation sites is 1. The maximum absolute atomic E-state index is 12.3. The first-order valence-electron chi connectivity index (χ1n) is 7.78. The second-order valence-corrected chi connectivity index (χ2v) is 6.30. The Morgan fingerprint density at radius 3 is 2.64 bits per heavy atom. The maximum atomic E-state index is 12.3. The molecule has 2 aromatic carbocycles. The third kappa shape index (κ3) is 4.45. The molecule has 0 saturated carbocycles. The average molecular weight is 401 g/mol. The van der Waals surface area contributed by atoms with Crippen LogP contribution in [0, 0.1) is 0 Å². The Balaban J connectivity index is 1.59. The molecule has 1 atom stereocenters. The molecule has 6 nitrogen and oxygen atoms in total. The molecular weight excluding hydrogens is 384 g/mol. The summed E-state index contributed by atoms with van der Waals surface area (Å²) in [5, 5.41) is 10.8. The van der Waals surface area contributed by atoms with Crippen molar-refractivity contribution in [3.63, 3.8) is 0 Å². The summed E-state index contributed by atoms with van der Waals surface area (Å²) in [6.07, 6.45) is 1.01. The number of carbonyl (C=O) groups is 1. The second kappa shape index (κ2) is 7.94. The second-order valence-electron chi connectivity index (χ2n) is 5.38. The molecule has 25 heavy (non-hydrogen) atoms. The summed E-state index contributed by atoms with van der Waals surface area (Å²) in [6, 6.07) is 17.1. The molecule has 0 fully saturated rings. The number of rotatable bonds is 6. The van der Waals surface area contributed by atoms with Crippen molar-refractivity contribution in [2.45, 2.75) is 19.6 Å². The maximum Gasteiger partial charge on any atom is 0.261 e. The largest absolute Gasteiger partial charge is 0.481 e. The van der Waals surface area contributed by atoms with Gasteiger partial charge in [-0.2, -0.15) is 0 Å². The van der Waals surface area contributed by atoms with Gasteiger partial charge in [-0.15, -0.1) is 10.2 Å². The van der Waals surface area contributed by atoms with Crippen molar-refractivity contribution >= 4 is 21.8 Å². The van der Waals surface area contributed by atoms with E-state index in [1.54, 1.807) is 25.4 Å². The lowest BCUT2D eigenvalue weighted by atomic mass is 10.3. The van der Waals surface area contributed by atoms with E-state index in [2.05, 4.69) is 31.4 Å². The van der Waals surface area contributed by atoms with E-state index in [4.69, 9.17) is 4.74 Å².